The number of aliphatic imine (C=N–C) groups is 1. The Labute approximate surface area is 173 Å². The van der Waals surface area contributed by atoms with Gasteiger partial charge in [0.15, 0.2) is 5.75 Å². The molecule has 0 saturated carbocycles. The number of nitrogens with zero attached hydrogens (tertiary/aromatic N) is 1. The zero-order valence-electron chi connectivity index (χ0n) is 13.1. The van der Waals surface area contributed by atoms with E-state index in [-0.39, 0.29) is 0 Å². The smallest absolute Gasteiger partial charge is 0.150 e. The molecule has 0 saturated heterocycles. The van der Waals surface area contributed by atoms with E-state index in [9.17, 15) is 0 Å². The summed E-state index contributed by atoms with van der Waals surface area (Å²) in [5, 5.41) is 3.17. The quantitative estimate of drug-likeness (QED) is 0.175. The van der Waals surface area contributed by atoms with Crippen molar-refractivity contribution in [1.29, 1.82) is 0 Å². The third-order valence-corrected chi connectivity index (χ3v) is 4.92. The lowest BCUT2D eigenvalue weighted by molar-refractivity contribution is 0.481. The van der Waals surface area contributed by atoms with Gasteiger partial charge in [0.25, 0.3) is 0 Å². The second kappa shape index (κ2) is 8.52. The van der Waals surface area contributed by atoms with Gasteiger partial charge in [-0.05, 0) is 87.6 Å². The molecule has 0 bridgehead atoms. The minimum atomic E-state index is 0.647. The lowest BCUT2D eigenvalue weighted by atomic mass is 10.3. The predicted molar refractivity (Wildman–Crippen MR) is 121 cm³/mol. The van der Waals surface area contributed by atoms with Gasteiger partial charge in [0.2, 0.25) is 0 Å². The second-order valence-electron chi connectivity index (χ2n) is 5.13. The molecule has 6 heteroatoms. The number of halogens is 2. The largest absolute Gasteiger partial charge is 0.454 e. The Balaban J connectivity index is 1.77. The van der Waals surface area contributed by atoms with Gasteiger partial charge in [-0.25, -0.2) is 4.99 Å². The average molecular weight is 555 g/mol. The minimum Gasteiger partial charge on any atom is -0.454 e. The first-order chi connectivity index (χ1) is 12.1. The molecule has 0 atom stereocenters. The predicted octanol–water partition coefficient (Wildman–Crippen LogP) is 6.04. The monoisotopic (exact) mass is 555 g/mol. The number of nitrogens with one attached hydrogen (secondary N) is 1. The van der Waals surface area contributed by atoms with Crippen LogP contribution in [0.15, 0.2) is 71.7 Å². The molecular weight excluding hydrogens is 540 g/mol. The molecule has 0 fully saturated rings. The fourth-order valence-corrected chi connectivity index (χ4v) is 3.15. The first-order valence-corrected chi connectivity index (χ1v) is 9.65. The standard InChI is InChI=1S/C19H15I2N3O/c20-13-9-10-16(15(22)11-13)23-12-24-17-6-2-4-8-19(17)25-18-7-3-1-5-14(18)21/h1-12H,22H2,(H,23,24). The molecule has 126 valence electrons. The Morgan fingerprint density at radius 3 is 2.40 bits per heavy atom. The van der Waals surface area contributed by atoms with Crippen LogP contribution in [0.1, 0.15) is 0 Å². The third-order valence-electron chi connectivity index (χ3n) is 3.36. The van der Waals surface area contributed by atoms with E-state index in [2.05, 4.69) is 55.5 Å². The second-order valence-corrected chi connectivity index (χ2v) is 7.54. The van der Waals surface area contributed by atoms with Gasteiger partial charge in [0, 0.05) is 3.57 Å². The normalized spacial score (nSPS) is 10.8. The van der Waals surface area contributed by atoms with Crippen molar-refractivity contribution in [1.82, 2.24) is 0 Å². The van der Waals surface area contributed by atoms with E-state index in [0.717, 1.165) is 30.0 Å². The topological polar surface area (TPSA) is 59.6 Å². The molecule has 4 nitrogen and oxygen atoms in total. The van der Waals surface area contributed by atoms with Crippen molar-refractivity contribution in [2.45, 2.75) is 0 Å². The van der Waals surface area contributed by atoms with E-state index in [0.29, 0.717) is 5.69 Å². The first-order valence-electron chi connectivity index (χ1n) is 7.49. The molecule has 0 amide bonds. The van der Waals surface area contributed by atoms with Gasteiger partial charge in [-0.1, -0.05) is 24.3 Å². The van der Waals surface area contributed by atoms with Crippen LogP contribution in [0.25, 0.3) is 0 Å². The highest BCUT2D eigenvalue weighted by Crippen LogP contribution is 2.31. The Kier molecular flexibility index (Phi) is 6.14. The van der Waals surface area contributed by atoms with Crippen LogP contribution < -0.4 is 15.8 Å². The molecule has 3 aromatic rings. The Morgan fingerprint density at radius 2 is 1.64 bits per heavy atom. The van der Waals surface area contributed by atoms with Gasteiger partial charge >= 0.3 is 0 Å². The van der Waals surface area contributed by atoms with Gasteiger partial charge in [-0.15, -0.1) is 0 Å². The van der Waals surface area contributed by atoms with E-state index >= 15 is 0 Å². The summed E-state index contributed by atoms with van der Waals surface area (Å²) in [6.45, 7) is 0. The van der Waals surface area contributed by atoms with Crippen molar-refractivity contribution >= 4 is 68.6 Å². The Morgan fingerprint density at radius 1 is 0.920 bits per heavy atom. The molecule has 0 spiro atoms. The molecule has 0 aliphatic heterocycles. The van der Waals surface area contributed by atoms with E-state index in [1.54, 1.807) is 6.34 Å². The highest BCUT2D eigenvalue weighted by molar-refractivity contribution is 14.1. The average Bonchev–Trinajstić information content (AvgIpc) is 2.60. The summed E-state index contributed by atoms with van der Waals surface area (Å²) < 4.78 is 8.16. The Bertz CT molecular complexity index is 913. The zero-order valence-corrected chi connectivity index (χ0v) is 17.4. The number of benzene rings is 3. The van der Waals surface area contributed by atoms with Gasteiger partial charge < -0.3 is 15.8 Å². The summed E-state index contributed by atoms with van der Waals surface area (Å²) in [6, 6.07) is 21.4. The van der Waals surface area contributed by atoms with Gasteiger partial charge in [0.1, 0.15) is 5.75 Å². The van der Waals surface area contributed by atoms with Crippen LogP contribution in [0.2, 0.25) is 0 Å². The first kappa shape index (κ1) is 18.0. The van der Waals surface area contributed by atoms with Crippen LogP contribution in [0.5, 0.6) is 11.5 Å². The van der Waals surface area contributed by atoms with Crippen molar-refractivity contribution in [3.05, 3.63) is 73.9 Å². The maximum atomic E-state index is 6.03. The van der Waals surface area contributed by atoms with Gasteiger partial charge in [-0.2, -0.15) is 0 Å². The van der Waals surface area contributed by atoms with Crippen molar-refractivity contribution in [3.63, 3.8) is 0 Å². The molecule has 3 rings (SSSR count). The maximum Gasteiger partial charge on any atom is 0.150 e. The maximum absolute atomic E-state index is 6.03. The zero-order chi connectivity index (χ0) is 17.6. The van der Waals surface area contributed by atoms with Crippen LogP contribution in [0, 0.1) is 7.14 Å². The molecule has 3 aromatic carbocycles. The van der Waals surface area contributed by atoms with E-state index in [4.69, 9.17) is 10.5 Å². The van der Waals surface area contributed by atoms with Crippen LogP contribution >= 0.6 is 45.2 Å². The van der Waals surface area contributed by atoms with Crippen molar-refractivity contribution in [3.8, 4) is 11.5 Å². The molecule has 0 aliphatic rings. The number of anilines is 2. The number of hydrogen-bond acceptors (Lipinski definition) is 3. The number of ether oxygens (including phenoxy) is 1. The van der Waals surface area contributed by atoms with Crippen molar-refractivity contribution in [2.24, 2.45) is 4.99 Å². The molecule has 3 N–H and O–H groups in total. The highest BCUT2D eigenvalue weighted by atomic mass is 127. The third kappa shape index (κ3) is 4.85. The summed E-state index contributed by atoms with van der Waals surface area (Å²) in [5.74, 6) is 1.55. The van der Waals surface area contributed by atoms with E-state index < -0.39 is 0 Å². The summed E-state index contributed by atoms with van der Waals surface area (Å²) in [4.78, 5) is 4.39. The fourth-order valence-electron chi connectivity index (χ4n) is 2.14. The SMILES string of the molecule is Nc1cc(I)ccc1N=CNc1ccccc1Oc1ccccc1I. The Hall–Kier alpha value is -1.81. The number of rotatable bonds is 5. The lowest BCUT2D eigenvalue weighted by Crippen LogP contribution is -1.98. The fraction of sp³-hybridized carbons (Fsp3) is 0. The van der Waals surface area contributed by atoms with Crippen LogP contribution in [-0.2, 0) is 0 Å². The summed E-state index contributed by atoms with van der Waals surface area (Å²) >= 11 is 4.48. The van der Waals surface area contributed by atoms with Crippen LogP contribution in [0.4, 0.5) is 17.1 Å². The van der Waals surface area contributed by atoms with Crippen molar-refractivity contribution < 1.29 is 4.74 Å². The highest BCUT2D eigenvalue weighted by Gasteiger charge is 2.06. The van der Waals surface area contributed by atoms with E-state index in [1.807, 2.05) is 66.7 Å². The number of nitrogens with two attached hydrogens (primary N) is 1. The molecule has 0 radical (unpaired) electrons. The van der Waals surface area contributed by atoms with Gasteiger partial charge in [0.05, 0.1) is 27.0 Å². The molecule has 0 unspecified atom stereocenters. The molecular formula is C19H15I2N3O. The molecule has 0 aliphatic carbocycles. The molecule has 0 aromatic heterocycles. The summed E-state index contributed by atoms with van der Waals surface area (Å²) in [6.07, 6.45) is 1.62. The number of hydrogen-bond donors (Lipinski definition) is 2. The summed E-state index contributed by atoms with van der Waals surface area (Å²) in [7, 11) is 0. The van der Waals surface area contributed by atoms with E-state index in [1.165, 1.54) is 0 Å². The number of nitrogen functional groups attached to an aromatic ring is 1. The lowest BCUT2D eigenvalue weighted by Gasteiger charge is -2.11. The minimum absolute atomic E-state index is 0.647. The number of para-hydroxylation sites is 3. The van der Waals surface area contributed by atoms with Crippen LogP contribution in [-0.4, -0.2) is 6.34 Å². The summed E-state index contributed by atoms with van der Waals surface area (Å²) in [5.41, 5.74) is 8.18. The van der Waals surface area contributed by atoms with Gasteiger partial charge in [-0.3, -0.25) is 0 Å². The van der Waals surface area contributed by atoms with Crippen LogP contribution in [0.3, 0.4) is 0 Å². The molecule has 0 heterocycles. The van der Waals surface area contributed by atoms with Crippen molar-refractivity contribution in [2.75, 3.05) is 11.1 Å². The molecule has 25 heavy (non-hydrogen) atoms.